The highest BCUT2D eigenvalue weighted by Gasteiger charge is 2.57. The third-order valence-corrected chi connectivity index (χ3v) is 14.6. The van der Waals surface area contributed by atoms with Gasteiger partial charge in [-0.15, -0.1) is 0 Å². The van der Waals surface area contributed by atoms with E-state index in [0.717, 1.165) is 42.7 Å². The molecule has 4 N–H and O–H groups in total. The molecule has 2 aromatic rings. The Morgan fingerprint density at radius 1 is 0.711 bits per heavy atom. The predicted octanol–water partition coefficient (Wildman–Crippen LogP) is 8.65. The summed E-state index contributed by atoms with van der Waals surface area (Å²) in [5.74, 6) is 12.1. The normalized spacial score (nSPS) is 39.6. The summed E-state index contributed by atoms with van der Waals surface area (Å²) < 4.78 is 0. The number of aryl methyl sites for hydroxylation is 2. The summed E-state index contributed by atoms with van der Waals surface area (Å²) in [7, 11) is 0. The Morgan fingerprint density at radius 3 is 1.64 bits per heavy atom. The van der Waals surface area contributed by atoms with Crippen LogP contribution in [0, 0.1) is 46.3 Å². The van der Waals surface area contributed by atoms with E-state index in [2.05, 4.69) is 38.0 Å². The second kappa shape index (κ2) is 11.5. The molecule has 4 fully saturated rings. The zero-order chi connectivity index (χ0) is 31.7. The van der Waals surface area contributed by atoms with E-state index in [1.165, 1.54) is 80.0 Å². The van der Waals surface area contributed by atoms with Crippen molar-refractivity contribution in [2.45, 2.75) is 117 Å². The van der Waals surface area contributed by atoms with Crippen LogP contribution in [0.1, 0.15) is 126 Å². The van der Waals surface area contributed by atoms with E-state index in [0.29, 0.717) is 52.3 Å². The number of nitrogens with two attached hydrogens (primary N) is 1. The topological polar surface area (TPSA) is 95.9 Å². The standard InChI is InChI=1S/C20H28N2O.C20H26O2/c1-12(22-21)18-7-8-19-17-5-3-13-11-14(23)4-6-15(13)16(17)9-10-20(18,19)2;1-12(21)18-7-8-19-17-5-3-13-11-14(22)4-6-15(13)16(17)9-10-20(18,19)2/h4,6,11,16-19,23H,3,5,7-10,21H2,1-2H3;4,6,11,16-19,22H,3,5,7-10H2,1-2H3/b22-12-;. The smallest absolute Gasteiger partial charge is 0.133 e. The molecule has 45 heavy (non-hydrogen) atoms. The molecule has 0 spiro atoms. The van der Waals surface area contributed by atoms with Gasteiger partial charge in [-0.2, -0.15) is 5.10 Å². The lowest BCUT2D eigenvalue weighted by Crippen LogP contribution is -2.43. The summed E-state index contributed by atoms with van der Waals surface area (Å²) in [5, 5.41) is 23.6. The predicted molar refractivity (Wildman–Crippen MR) is 180 cm³/mol. The van der Waals surface area contributed by atoms with Crippen molar-refractivity contribution >= 4 is 11.5 Å². The summed E-state index contributed by atoms with van der Waals surface area (Å²) in [6.45, 7) is 8.79. The van der Waals surface area contributed by atoms with Gasteiger partial charge in [0.15, 0.2) is 0 Å². The number of ketones is 1. The highest BCUT2D eigenvalue weighted by atomic mass is 16.3. The van der Waals surface area contributed by atoms with Gasteiger partial charge in [-0.25, -0.2) is 0 Å². The van der Waals surface area contributed by atoms with Crippen molar-refractivity contribution in [3.8, 4) is 11.5 Å². The first-order chi connectivity index (χ1) is 21.5. The van der Waals surface area contributed by atoms with E-state index in [4.69, 9.17) is 5.84 Å². The summed E-state index contributed by atoms with van der Waals surface area (Å²) in [5.41, 5.74) is 7.48. The SMILES string of the molecule is C/C(=N/N)C1CCC2C3CCc4cc(O)ccc4C3CCC12C.CC(=O)C1CCC2C3CCc4cc(O)ccc4C3CCC12C. The fourth-order valence-corrected chi connectivity index (χ4v) is 12.6. The molecule has 0 aliphatic heterocycles. The molecule has 5 heteroatoms. The van der Waals surface area contributed by atoms with Gasteiger partial charge in [0, 0.05) is 17.5 Å². The van der Waals surface area contributed by atoms with Gasteiger partial charge in [0.1, 0.15) is 17.3 Å². The highest BCUT2D eigenvalue weighted by molar-refractivity contribution is 5.85. The van der Waals surface area contributed by atoms with E-state index in [1.54, 1.807) is 6.92 Å². The van der Waals surface area contributed by atoms with Gasteiger partial charge in [0.2, 0.25) is 0 Å². The zero-order valence-electron chi connectivity index (χ0n) is 27.9. The van der Waals surface area contributed by atoms with E-state index in [1.807, 2.05) is 24.3 Å². The number of benzene rings is 2. The molecule has 242 valence electrons. The van der Waals surface area contributed by atoms with Crippen molar-refractivity contribution in [3.63, 3.8) is 0 Å². The molecule has 8 rings (SSSR count). The van der Waals surface area contributed by atoms with E-state index in [-0.39, 0.29) is 5.41 Å². The second-order valence-corrected chi connectivity index (χ2v) is 16.3. The van der Waals surface area contributed by atoms with E-state index >= 15 is 0 Å². The summed E-state index contributed by atoms with van der Waals surface area (Å²) in [6.07, 6.45) is 14.5. The molecule has 2 aromatic carbocycles. The molecule has 6 aliphatic carbocycles. The Kier molecular flexibility index (Phi) is 7.84. The van der Waals surface area contributed by atoms with Crippen LogP contribution in [0.15, 0.2) is 41.5 Å². The minimum atomic E-state index is 0.238. The van der Waals surface area contributed by atoms with Crippen molar-refractivity contribution in [1.29, 1.82) is 0 Å². The molecule has 6 aliphatic rings. The number of rotatable bonds is 2. The summed E-state index contributed by atoms with van der Waals surface area (Å²) >= 11 is 0. The molecule has 0 bridgehead atoms. The van der Waals surface area contributed by atoms with Crippen LogP contribution in [0.25, 0.3) is 0 Å². The molecule has 0 saturated heterocycles. The lowest BCUT2D eigenvalue weighted by molar-refractivity contribution is -0.125. The fraction of sp³-hybridized carbons (Fsp3) is 0.650. The van der Waals surface area contributed by atoms with E-state index in [9.17, 15) is 15.0 Å². The number of phenols is 2. The second-order valence-electron chi connectivity index (χ2n) is 16.3. The maximum absolute atomic E-state index is 12.1. The van der Waals surface area contributed by atoms with Crippen LogP contribution in [-0.2, 0) is 17.6 Å². The lowest BCUT2D eigenvalue weighted by atomic mass is 9.54. The molecule has 0 heterocycles. The molecule has 5 nitrogen and oxygen atoms in total. The van der Waals surface area contributed by atoms with Crippen molar-refractivity contribution < 1.29 is 15.0 Å². The quantitative estimate of drug-likeness (QED) is 0.180. The number of hydrazone groups is 1. The zero-order valence-corrected chi connectivity index (χ0v) is 27.9. The summed E-state index contributed by atoms with van der Waals surface area (Å²) in [4.78, 5) is 12.1. The summed E-state index contributed by atoms with van der Waals surface area (Å²) in [6, 6.07) is 12.0. The number of carbonyl (C=O) groups is 1. The number of fused-ring (bicyclic) bond motifs is 10. The molecular weight excluding hydrogens is 556 g/mol. The van der Waals surface area contributed by atoms with Gasteiger partial charge in [-0.3, -0.25) is 4.79 Å². The van der Waals surface area contributed by atoms with Gasteiger partial charge in [0.05, 0.1) is 0 Å². The van der Waals surface area contributed by atoms with Gasteiger partial charge in [-0.05, 0) is 184 Å². The average Bonchev–Trinajstić information content (AvgIpc) is 3.57. The first-order valence-corrected chi connectivity index (χ1v) is 17.9. The van der Waals surface area contributed by atoms with Gasteiger partial charge in [0.25, 0.3) is 0 Å². The van der Waals surface area contributed by atoms with Crippen molar-refractivity contribution in [3.05, 3.63) is 58.7 Å². The van der Waals surface area contributed by atoms with Crippen LogP contribution < -0.4 is 5.84 Å². The Balaban J connectivity index is 0.000000145. The number of nitrogens with zero attached hydrogens (tertiary/aromatic N) is 1. The Bertz CT molecular complexity index is 1500. The third-order valence-electron chi connectivity index (χ3n) is 14.6. The Labute approximate surface area is 270 Å². The number of aromatic hydroxyl groups is 2. The Hall–Kier alpha value is -2.82. The number of phenolic OH excluding ortho intramolecular Hbond substituents is 2. The fourth-order valence-electron chi connectivity index (χ4n) is 12.6. The molecule has 0 radical (unpaired) electrons. The van der Waals surface area contributed by atoms with Crippen LogP contribution in [-0.4, -0.2) is 21.7 Å². The molecule has 4 saturated carbocycles. The average molecular weight is 611 g/mol. The number of hydrogen-bond acceptors (Lipinski definition) is 5. The van der Waals surface area contributed by atoms with Crippen molar-refractivity contribution in [2.75, 3.05) is 0 Å². The van der Waals surface area contributed by atoms with Gasteiger partial charge >= 0.3 is 0 Å². The molecule has 10 atom stereocenters. The third kappa shape index (κ3) is 4.93. The molecular formula is C40H54N2O3. The van der Waals surface area contributed by atoms with Crippen molar-refractivity contribution in [2.24, 2.45) is 57.3 Å². The first kappa shape index (κ1) is 30.8. The van der Waals surface area contributed by atoms with Gasteiger partial charge in [-0.1, -0.05) is 26.0 Å². The maximum Gasteiger partial charge on any atom is 0.133 e. The minimum Gasteiger partial charge on any atom is -0.508 e. The Morgan fingerprint density at radius 2 is 1.18 bits per heavy atom. The largest absolute Gasteiger partial charge is 0.508 e. The van der Waals surface area contributed by atoms with Crippen LogP contribution in [0.3, 0.4) is 0 Å². The minimum absolute atomic E-state index is 0.238. The molecule has 10 unspecified atom stereocenters. The number of carbonyl (C=O) groups excluding carboxylic acids is 1. The molecule has 0 amide bonds. The van der Waals surface area contributed by atoms with Crippen LogP contribution in [0.2, 0.25) is 0 Å². The van der Waals surface area contributed by atoms with E-state index < -0.39 is 0 Å². The van der Waals surface area contributed by atoms with Crippen LogP contribution in [0.4, 0.5) is 0 Å². The van der Waals surface area contributed by atoms with Gasteiger partial charge < -0.3 is 16.1 Å². The molecule has 0 aromatic heterocycles. The number of Topliss-reactive ketones (excluding diaryl/α,β-unsaturated/α-hetero) is 1. The van der Waals surface area contributed by atoms with Crippen LogP contribution in [0.5, 0.6) is 11.5 Å². The van der Waals surface area contributed by atoms with Crippen molar-refractivity contribution in [1.82, 2.24) is 0 Å². The maximum atomic E-state index is 12.1. The first-order valence-electron chi connectivity index (χ1n) is 17.9. The number of hydrogen-bond donors (Lipinski definition) is 3. The monoisotopic (exact) mass is 610 g/mol. The van der Waals surface area contributed by atoms with Crippen LogP contribution >= 0.6 is 0 Å². The highest BCUT2D eigenvalue weighted by Crippen LogP contribution is 2.64. The lowest BCUT2D eigenvalue weighted by Gasteiger charge is -2.51.